The minimum Gasteiger partial charge on any atom is -0.479 e. The van der Waals surface area contributed by atoms with Crippen molar-refractivity contribution in [2.45, 2.75) is 57.6 Å². The molecule has 108 valence electrons. The van der Waals surface area contributed by atoms with Gasteiger partial charge in [-0.2, -0.15) is 0 Å². The highest BCUT2D eigenvalue weighted by Gasteiger charge is 2.48. The first-order valence-electron chi connectivity index (χ1n) is 6.30. The molecule has 0 heterocycles. The second kappa shape index (κ2) is 5.19. The number of rotatable bonds is 2. The van der Waals surface area contributed by atoms with Gasteiger partial charge in [-0.3, -0.25) is 9.69 Å². The fourth-order valence-electron chi connectivity index (χ4n) is 2.14. The predicted octanol–water partition coefficient (Wildman–Crippen LogP) is 1.82. The van der Waals surface area contributed by atoms with Crippen LogP contribution in [0.1, 0.15) is 46.5 Å². The summed E-state index contributed by atoms with van der Waals surface area (Å²) in [6.07, 6.45) is -0.0450. The van der Waals surface area contributed by atoms with Gasteiger partial charge in [-0.1, -0.05) is 0 Å². The Morgan fingerprint density at radius 3 is 2.11 bits per heavy atom. The third-order valence-electron chi connectivity index (χ3n) is 3.34. The maximum atomic E-state index is 12.0. The number of carbonyl (C=O) groups is 3. The summed E-state index contributed by atoms with van der Waals surface area (Å²) in [5.41, 5.74) is -2.02. The number of ketones is 1. The van der Waals surface area contributed by atoms with Gasteiger partial charge in [0.15, 0.2) is 0 Å². The number of ether oxygens (including phenoxy) is 1. The van der Waals surface area contributed by atoms with Crippen molar-refractivity contribution in [3.05, 3.63) is 0 Å². The summed E-state index contributed by atoms with van der Waals surface area (Å²) in [5.74, 6) is -1.05. The van der Waals surface area contributed by atoms with Crippen molar-refractivity contribution < 1.29 is 24.2 Å². The van der Waals surface area contributed by atoms with Crippen molar-refractivity contribution >= 4 is 17.8 Å². The lowest BCUT2D eigenvalue weighted by molar-refractivity contribution is -0.153. The number of amides is 1. The zero-order valence-corrected chi connectivity index (χ0v) is 11.9. The van der Waals surface area contributed by atoms with E-state index in [-0.39, 0.29) is 31.5 Å². The smallest absolute Gasteiger partial charge is 0.410 e. The molecule has 6 heteroatoms. The Hall–Kier alpha value is -1.59. The van der Waals surface area contributed by atoms with Gasteiger partial charge in [0.2, 0.25) is 0 Å². The van der Waals surface area contributed by atoms with Gasteiger partial charge < -0.3 is 9.84 Å². The van der Waals surface area contributed by atoms with Crippen molar-refractivity contribution in [3.63, 3.8) is 0 Å². The number of hydrogen-bond acceptors (Lipinski definition) is 4. The molecule has 1 fully saturated rings. The molecule has 0 atom stereocenters. The van der Waals surface area contributed by atoms with Crippen LogP contribution in [0.4, 0.5) is 4.79 Å². The summed E-state index contributed by atoms with van der Waals surface area (Å²) in [6.45, 7) is 5.16. The van der Waals surface area contributed by atoms with Crippen LogP contribution in [0.2, 0.25) is 0 Å². The normalized spacial score (nSPS) is 18.8. The van der Waals surface area contributed by atoms with E-state index in [4.69, 9.17) is 4.74 Å². The standard InChI is InChI=1S/C13H21NO5/c1-12(2,3)19-11(18)14(4)13(10(16)17)7-5-9(15)6-8-13/h5-8H2,1-4H3,(H,16,17). The zero-order chi connectivity index (χ0) is 14.8. The number of hydrogen-bond donors (Lipinski definition) is 1. The quantitative estimate of drug-likeness (QED) is 0.828. The lowest BCUT2D eigenvalue weighted by atomic mass is 9.80. The van der Waals surface area contributed by atoms with Crippen LogP contribution in [0.25, 0.3) is 0 Å². The minimum atomic E-state index is -1.34. The van der Waals surface area contributed by atoms with Crippen LogP contribution < -0.4 is 0 Å². The largest absolute Gasteiger partial charge is 0.479 e. The summed E-state index contributed by atoms with van der Waals surface area (Å²) in [7, 11) is 1.41. The van der Waals surface area contributed by atoms with E-state index in [1.54, 1.807) is 20.8 Å². The molecule has 19 heavy (non-hydrogen) atoms. The van der Waals surface area contributed by atoms with Gasteiger partial charge in [0.25, 0.3) is 0 Å². The third kappa shape index (κ3) is 3.45. The SMILES string of the molecule is CN(C(=O)OC(C)(C)C)C1(C(=O)O)CCC(=O)CC1. The summed E-state index contributed by atoms with van der Waals surface area (Å²) < 4.78 is 5.19. The second-order valence-corrected chi connectivity index (χ2v) is 5.91. The van der Waals surface area contributed by atoms with E-state index in [2.05, 4.69) is 0 Å². The maximum Gasteiger partial charge on any atom is 0.410 e. The summed E-state index contributed by atoms with van der Waals surface area (Å²) in [5, 5.41) is 9.43. The molecule has 1 amide bonds. The first-order valence-corrected chi connectivity index (χ1v) is 6.30. The van der Waals surface area contributed by atoms with E-state index in [1.807, 2.05) is 0 Å². The topological polar surface area (TPSA) is 83.9 Å². The molecule has 0 aliphatic heterocycles. The lowest BCUT2D eigenvalue weighted by Gasteiger charge is -2.40. The number of nitrogens with zero attached hydrogens (tertiary/aromatic N) is 1. The third-order valence-corrected chi connectivity index (χ3v) is 3.34. The molecular weight excluding hydrogens is 250 g/mol. The van der Waals surface area contributed by atoms with Gasteiger partial charge in [-0.05, 0) is 33.6 Å². The molecule has 0 spiro atoms. The van der Waals surface area contributed by atoms with Crippen LogP contribution in [0, 0.1) is 0 Å². The van der Waals surface area contributed by atoms with E-state index in [1.165, 1.54) is 7.05 Å². The summed E-state index contributed by atoms with van der Waals surface area (Å²) in [6, 6.07) is 0. The van der Waals surface area contributed by atoms with E-state index in [0.29, 0.717) is 0 Å². The first-order chi connectivity index (χ1) is 8.58. The lowest BCUT2D eigenvalue weighted by Crippen LogP contribution is -2.58. The number of aliphatic carboxylic acids is 1. The number of Topliss-reactive ketones (excluding diaryl/α,β-unsaturated/α-hetero) is 1. The first kappa shape index (κ1) is 15.5. The number of carbonyl (C=O) groups excluding carboxylic acids is 2. The van der Waals surface area contributed by atoms with Crippen molar-refractivity contribution in [1.82, 2.24) is 4.90 Å². The fourth-order valence-corrected chi connectivity index (χ4v) is 2.14. The molecule has 1 N–H and O–H groups in total. The maximum absolute atomic E-state index is 12.0. The molecule has 1 saturated carbocycles. The van der Waals surface area contributed by atoms with Crippen LogP contribution in [-0.2, 0) is 14.3 Å². The molecular formula is C13H21NO5. The summed E-state index contributed by atoms with van der Waals surface area (Å²) >= 11 is 0. The molecule has 0 aromatic heterocycles. The average Bonchev–Trinajstić information content (AvgIpc) is 2.26. The molecule has 0 saturated heterocycles. The van der Waals surface area contributed by atoms with Crippen LogP contribution >= 0.6 is 0 Å². The number of carboxylic acid groups (broad SMARTS) is 1. The van der Waals surface area contributed by atoms with Gasteiger partial charge in [-0.15, -0.1) is 0 Å². The molecule has 0 unspecified atom stereocenters. The van der Waals surface area contributed by atoms with Gasteiger partial charge in [0, 0.05) is 19.9 Å². The van der Waals surface area contributed by atoms with Crippen LogP contribution in [-0.4, -0.2) is 46.0 Å². The molecule has 0 bridgehead atoms. The van der Waals surface area contributed by atoms with Crippen molar-refractivity contribution in [1.29, 1.82) is 0 Å². The molecule has 0 radical (unpaired) electrons. The molecule has 0 aromatic carbocycles. The van der Waals surface area contributed by atoms with Gasteiger partial charge in [-0.25, -0.2) is 9.59 Å². The number of carboxylic acids is 1. The molecule has 1 aliphatic carbocycles. The fraction of sp³-hybridized carbons (Fsp3) is 0.769. The van der Waals surface area contributed by atoms with Gasteiger partial charge in [0.05, 0.1) is 0 Å². The van der Waals surface area contributed by atoms with E-state index in [9.17, 15) is 19.5 Å². The highest BCUT2D eigenvalue weighted by Crippen LogP contribution is 2.32. The molecule has 0 aromatic rings. The average molecular weight is 271 g/mol. The van der Waals surface area contributed by atoms with E-state index >= 15 is 0 Å². The minimum absolute atomic E-state index is 0.0365. The Kier molecular flexibility index (Phi) is 4.22. The Labute approximate surface area is 112 Å². The Morgan fingerprint density at radius 1 is 1.26 bits per heavy atom. The van der Waals surface area contributed by atoms with Crippen LogP contribution in [0.3, 0.4) is 0 Å². The highest BCUT2D eigenvalue weighted by atomic mass is 16.6. The van der Waals surface area contributed by atoms with Gasteiger partial charge in [0.1, 0.15) is 16.9 Å². The molecule has 6 nitrogen and oxygen atoms in total. The Balaban J connectivity index is 2.91. The predicted molar refractivity (Wildman–Crippen MR) is 67.8 cm³/mol. The van der Waals surface area contributed by atoms with Crippen molar-refractivity contribution in [2.24, 2.45) is 0 Å². The van der Waals surface area contributed by atoms with Crippen LogP contribution in [0.5, 0.6) is 0 Å². The highest BCUT2D eigenvalue weighted by molar-refractivity contribution is 5.89. The number of likely N-dealkylation sites (N-methyl/N-ethyl adjacent to an activating group) is 1. The molecule has 1 rings (SSSR count). The van der Waals surface area contributed by atoms with E-state index < -0.39 is 23.2 Å². The van der Waals surface area contributed by atoms with E-state index in [0.717, 1.165) is 4.90 Å². The monoisotopic (exact) mass is 271 g/mol. The Morgan fingerprint density at radius 2 is 1.74 bits per heavy atom. The van der Waals surface area contributed by atoms with Crippen LogP contribution in [0.15, 0.2) is 0 Å². The second-order valence-electron chi connectivity index (χ2n) is 5.91. The summed E-state index contributed by atoms with van der Waals surface area (Å²) in [4.78, 5) is 35.9. The van der Waals surface area contributed by atoms with Crippen molar-refractivity contribution in [3.8, 4) is 0 Å². The van der Waals surface area contributed by atoms with Crippen molar-refractivity contribution in [2.75, 3.05) is 7.05 Å². The Bertz CT molecular complexity index is 386. The molecule has 1 aliphatic rings. The zero-order valence-electron chi connectivity index (χ0n) is 11.9. The van der Waals surface area contributed by atoms with Gasteiger partial charge >= 0.3 is 12.1 Å².